The van der Waals surface area contributed by atoms with Crippen LogP contribution in [0, 0.1) is 12.7 Å². The quantitative estimate of drug-likeness (QED) is 0.743. The van der Waals surface area contributed by atoms with Crippen LogP contribution in [0.25, 0.3) is 0 Å². The fourth-order valence-electron chi connectivity index (χ4n) is 4.77. The fraction of sp³-hybridized carbons (Fsp3) is 0.609. The molecule has 0 N–H and O–H groups in total. The third kappa shape index (κ3) is 4.98. The van der Waals surface area contributed by atoms with E-state index >= 15 is 0 Å². The average molecular weight is 400 g/mol. The van der Waals surface area contributed by atoms with Crippen LogP contribution in [0.3, 0.4) is 0 Å². The van der Waals surface area contributed by atoms with Gasteiger partial charge in [0.1, 0.15) is 5.82 Å². The van der Waals surface area contributed by atoms with Crippen LogP contribution in [-0.4, -0.2) is 64.9 Å². The van der Waals surface area contributed by atoms with Crippen LogP contribution >= 0.6 is 0 Å². The van der Waals surface area contributed by atoms with Crippen LogP contribution in [0.2, 0.25) is 0 Å². The molecular weight excluding hydrogens is 365 g/mol. The van der Waals surface area contributed by atoms with Crippen LogP contribution in [0.4, 0.5) is 10.1 Å². The molecule has 158 valence electrons. The molecule has 2 aromatic rings. The first-order valence-corrected chi connectivity index (χ1v) is 11.1. The van der Waals surface area contributed by atoms with E-state index in [4.69, 9.17) is 0 Å². The molecule has 3 heterocycles. The Balaban J connectivity index is 1.30. The Bertz CT molecular complexity index is 779. The summed E-state index contributed by atoms with van der Waals surface area (Å²) >= 11 is 0. The van der Waals surface area contributed by atoms with E-state index in [1.807, 2.05) is 12.1 Å². The third-order valence-corrected chi connectivity index (χ3v) is 6.40. The highest BCUT2D eigenvalue weighted by molar-refractivity contribution is 5.46. The number of likely N-dealkylation sites (tertiary alicyclic amines) is 1. The third-order valence-electron chi connectivity index (χ3n) is 6.40. The van der Waals surface area contributed by atoms with Crippen molar-refractivity contribution in [2.75, 3.05) is 44.2 Å². The molecule has 2 aliphatic heterocycles. The summed E-state index contributed by atoms with van der Waals surface area (Å²) in [5.74, 6) is -0.162. The molecule has 1 atom stereocenters. The molecule has 0 aliphatic carbocycles. The first kappa shape index (κ1) is 20.4. The standard InChI is InChI=1S/C23H34FN5/c1-3-10-29-17-20(19(2)25-29)16-26-11-4-5-23(18-26)28-14-12-27(13-15-28)22-8-6-21(24)7-9-22/h6-9,17,23H,3-5,10-16,18H2,1-2H3/t23-/m0/s1. The minimum atomic E-state index is -0.162. The zero-order valence-electron chi connectivity index (χ0n) is 17.9. The molecule has 2 fully saturated rings. The van der Waals surface area contributed by atoms with Gasteiger partial charge in [-0.1, -0.05) is 6.92 Å². The van der Waals surface area contributed by atoms with Crippen molar-refractivity contribution < 1.29 is 4.39 Å². The van der Waals surface area contributed by atoms with Crippen LogP contribution in [-0.2, 0) is 13.1 Å². The smallest absolute Gasteiger partial charge is 0.123 e. The van der Waals surface area contributed by atoms with E-state index in [2.05, 4.69) is 44.5 Å². The molecule has 0 amide bonds. The minimum absolute atomic E-state index is 0.162. The zero-order valence-corrected chi connectivity index (χ0v) is 17.9. The van der Waals surface area contributed by atoms with Crippen molar-refractivity contribution in [3.63, 3.8) is 0 Å². The fourth-order valence-corrected chi connectivity index (χ4v) is 4.77. The first-order valence-electron chi connectivity index (χ1n) is 11.1. The molecule has 0 unspecified atom stereocenters. The maximum atomic E-state index is 13.2. The molecule has 2 aliphatic rings. The molecule has 1 aromatic carbocycles. The van der Waals surface area contributed by atoms with Crippen LogP contribution < -0.4 is 4.90 Å². The molecule has 1 aromatic heterocycles. The molecule has 0 bridgehead atoms. The van der Waals surface area contributed by atoms with E-state index in [-0.39, 0.29) is 5.82 Å². The summed E-state index contributed by atoms with van der Waals surface area (Å²) < 4.78 is 15.3. The van der Waals surface area contributed by atoms with Gasteiger partial charge in [0.15, 0.2) is 0 Å². The van der Waals surface area contributed by atoms with E-state index in [1.165, 1.54) is 30.6 Å². The Morgan fingerprint density at radius 2 is 1.83 bits per heavy atom. The average Bonchev–Trinajstić information content (AvgIpc) is 3.08. The Morgan fingerprint density at radius 3 is 2.55 bits per heavy atom. The summed E-state index contributed by atoms with van der Waals surface area (Å²) in [5.41, 5.74) is 3.68. The molecule has 6 heteroatoms. The maximum Gasteiger partial charge on any atom is 0.123 e. The topological polar surface area (TPSA) is 27.5 Å². The number of benzene rings is 1. The van der Waals surface area contributed by atoms with E-state index < -0.39 is 0 Å². The zero-order chi connectivity index (χ0) is 20.2. The van der Waals surface area contributed by atoms with Crippen molar-refractivity contribution in [3.05, 3.63) is 47.5 Å². The number of aryl methyl sites for hydroxylation is 2. The summed E-state index contributed by atoms with van der Waals surface area (Å²) in [6, 6.07) is 7.56. The van der Waals surface area contributed by atoms with Crippen molar-refractivity contribution in [1.29, 1.82) is 0 Å². The SMILES string of the molecule is CCCn1cc(CN2CCC[C@H](N3CCN(c4ccc(F)cc4)CC3)C2)c(C)n1. The van der Waals surface area contributed by atoms with E-state index in [0.29, 0.717) is 6.04 Å². The van der Waals surface area contributed by atoms with Crippen molar-refractivity contribution in [2.24, 2.45) is 0 Å². The molecule has 2 saturated heterocycles. The van der Waals surface area contributed by atoms with E-state index in [9.17, 15) is 4.39 Å². The van der Waals surface area contributed by atoms with Crippen LogP contribution in [0.1, 0.15) is 37.4 Å². The number of hydrogen-bond donors (Lipinski definition) is 0. The highest BCUT2D eigenvalue weighted by Crippen LogP contribution is 2.22. The Hall–Kier alpha value is -1.92. The summed E-state index contributed by atoms with van der Waals surface area (Å²) in [7, 11) is 0. The Morgan fingerprint density at radius 1 is 1.07 bits per heavy atom. The number of hydrogen-bond acceptors (Lipinski definition) is 4. The monoisotopic (exact) mass is 399 g/mol. The second-order valence-electron chi connectivity index (χ2n) is 8.53. The van der Waals surface area contributed by atoms with Crippen molar-refractivity contribution in [2.45, 2.75) is 52.2 Å². The van der Waals surface area contributed by atoms with Gasteiger partial charge in [0.2, 0.25) is 0 Å². The van der Waals surface area contributed by atoms with E-state index in [0.717, 1.165) is 57.9 Å². The van der Waals surface area contributed by atoms with Crippen LogP contribution in [0.15, 0.2) is 30.5 Å². The molecule has 0 saturated carbocycles. The van der Waals surface area contributed by atoms with Gasteiger partial charge in [-0.3, -0.25) is 14.5 Å². The second kappa shape index (κ2) is 9.26. The molecule has 29 heavy (non-hydrogen) atoms. The van der Waals surface area contributed by atoms with Gasteiger partial charge in [-0.05, 0) is 57.0 Å². The van der Waals surface area contributed by atoms with Gasteiger partial charge in [0.05, 0.1) is 5.69 Å². The predicted molar refractivity (Wildman–Crippen MR) is 116 cm³/mol. The van der Waals surface area contributed by atoms with Crippen molar-refractivity contribution >= 4 is 5.69 Å². The number of piperazine rings is 1. The van der Waals surface area contributed by atoms with Gasteiger partial charge < -0.3 is 4.90 Å². The van der Waals surface area contributed by atoms with Gasteiger partial charge in [0.25, 0.3) is 0 Å². The molecule has 0 radical (unpaired) electrons. The van der Waals surface area contributed by atoms with Gasteiger partial charge in [-0.2, -0.15) is 5.10 Å². The number of rotatable bonds is 6. The van der Waals surface area contributed by atoms with Crippen LogP contribution in [0.5, 0.6) is 0 Å². The lowest BCUT2D eigenvalue weighted by Crippen LogP contribution is -2.55. The maximum absolute atomic E-state index is 13.2. The number of nitrogens with zero attached hydrogens (tertiary/aromatic N) is 5. The number of anilines is 1. The second-order valence-corrected chi connectivity index (χ2v) is 8.53. The largest absolute Gasteiger partial charge is 0.369 e. The summed E-state index contributed by atoms with van der Waals surface area (Å²) in [5, 5.41) is 4.67. The van der Waals surface area contributed by atoms with Gasteiger partial charge in [-0.15, -0.1) is 0 Å². The minimum Gasteiger partial charge on any atom is -0.369 e. The van der Waals surface area contributed by atoms with Gasteiger partial charge in [0, 0.05) is 69.3 Å². The molecule has 5 nitrogen and oxygen atoms in total. The predicted octanol–water partition coefficient (Wildman–Crippen LogP) is 3.53. The van der Waals surface area contributed by atoms with Gasteiger partial charge in [-0.25, -0.2) is 4.39 Å². The lowest BCUT2D eigenvalue weighted by molar-refractivity contribution is 0.0886. The highest BCUT2D eigenvalue weighted by Gasteiger charge is 2.28. The molecular formula is C23H34FN5. The summed E-state index contributed by atoms with van der Waals surface area (Å²) in [4.78, 5) is 7.66. The molecule has 0 spiro atoms. The first-order chi connectivity index (χ1) is 14.1. The number of halogens is 1. The van der Waals surface area contributed by atoms with Crippen molar-refractivity contribution in [3.8, 4) is 0 Å². The van der Waals surface area contributed by atoms with Gasteiger partial charge >= 0.3 is 0 Å². The van der Waals surface area contributed by atoms with Crippen molar-refractivity contribution in [1.82, 2.24) is 19.6 Å². The summed E-state index contributed by atoms with van der Waals surface area (Å²) in [6.45, 7) is 12.9. The normalized spacial score (nSPS) is 21.6. The molecule has 4 rings (SSSR count). The lowest BCUT2D eigenvalue weighted by atomic mass is 10.0. The number of aromatic nitrogens is 2. The Labute approximate surface area is 174 Å². The Kier molecular flexibility index (Phi) is 6.50. The van der Waals surface area contributed by atoms with E-state index in [1.54, 1.807) is 12.1 Å². The lowest BCUT2D eigenvalue weighted by Gasteiger charge is -2.44. The highest BCUT2D eigenvalue weighted by atomic mass is 19.1. The number of piperidine rings is 1. The summed E-state index contributed by atoms with van der Waals surface area (Å²) in [6.07, 6.45) is 5.92.